The molecule has 0 spiro atoms. The van der Waals surface area contributed by atoms with E-state index >= 15 is 0 Å². The van der Waals surface area contributed by atoms with Crippen molar-refractivity contribution in [3.8, 4) is 0 Å². The molecule has 0 aliphatic rings. The molecular weight excluding hydrogens is 348 g/mol. The Hall–Kier alpha value is -1.90. The largest absolute Gasteiger partial charge is 0.326 e. The number of hydrogen-bond donors (Lipinski definition) is 2. The Labute approximate surface area is 136 Å². The molecule has 1 aromatic heterocycles. The van der Waals surface area contributed by atoms with Gasteiger partial charge in [-0.2, -0.15) is 0 Å². The molecule has 1 heterocycles. The summed E-state index contributed by atoms with van der Waals surface area (Å²) in [5, 5.41) is 2.52. The van der Waals surface area contributed by atoms with Crippen molar-refractivity contribution in [2.75, 3.05) is 5.32 Å². The molecule has 2 aromatic rings. The number of nitrogens with one attached hydrogen (secondary N) is 2. The van der Waals surface area contributed by atoms with Crippen molar-refractivity contribution >= 4 is 50.5 Å². The van der Waals surface area contributed by atoms with E-state index in [1.807, 2.05) is 4.72 Å². The van der Waals surface area contributed by atoms with E-state index in [4.69, 9.17) is 11.6 Å². The van der Waals surface area contributed by atoms with Crippen LogP contribution >= 0.6 is 22.9 Å². The van der Waals surface area contributed by atoms with Crippen molar-refractivity contribution < 1.29 is 18.0 Å². The number of sulfonamides is 1. The number of amides is 2. The normalized spacial score (nSPS) is 11.0. The number of hydrogen-bond acceptors (Lipinski definition) is 5. The van der Waals surface area contributed by atoms with Crippen LogP contribution in [0.15, 0.2) is 41.3 Å². The Morgan fingerprint density at radius 3 is 2.23 bits per heavy atom. The lowest BCUT2D eigenvalue weighted by Crippen LogP contribution is -2.29. The molecule has 0 bridgehead atoms. The van der Waals surface area contributed by atoms with Gasteiger partial charge in [0.1, 0.15) is 0 Å². The second-order valence-corrected chi connectivity index (χ2v) is 7.64. The lowest BCUT2D eigenvalue weighted by atomic mass is 10.3. The van der Waals surface area contributed by atoms with Crippen LogP contribution in [0.25, 0.3) is 0 Å². The van der Waals surface area contributed by atoms with Gasteiger partial charge < -0.3 is 5.32 Å². The number of carbonyl (C=O) groups excluding carboxylic acids is 2. The van der Waals surface area contributed by atoms with E-state index in [0.717, 1.165) is 11.3 Å². The summed E-state index contributed by atoms with van der Waals surface area (Å²) in [6.07, 6.45) is 0. The molecule has 0 aliphatic carbocycles. The zero-order chi connectivity index (χ0) is 16.3. The van der Waals surface area contributed by atoms with E-state index in [1.165, 1.54) is 43.3 Å². The molecule has 0 aliphatic heterocycles. The summed E-state index contributed by atoms with van der Waals surface area (Å²) in [5.41, 5.74) is 0.461. The SMILES string of the molecule is CC(=O)Nc1ccc(S(=O)(=O)NC(=O)c2ccc(Cl)s2)cc1. The summed E-state index contributed by atoms with van der Waals surface area (Å²) >= 11 is 6.69. The second kappa shape index (κ2) is 6.47. The summed E-state index contributed by atoms with van der Waals surface area (Å²) in [6.45, 7) is 1.34. The van der Waals surface area contributed by atoms with E-state index in [1.54, 1.807) is 0 Å². The molecule has 0 atom stereocenters. The van der Waals surface area contributed by atoms with Gasteiger partial charge in [-0.3, -0.25) is 9.59 Å². The molecule has 2 N–H and O–H groups in total. The van der Waals surface area contributed by atoms with Crippen molar-refractivity contribution in [2.24, 2.45) is 0 Å². The van der Waals surface area contributed by atoms with Gasteiger partial charge in [0, 0.05) is 12.6 Å². The Morgan fingerprint density at radius 2 is 1.73 bits per heavy atom. The summed E-state index contributed by atoms with van der Waals surface area (Å²) in [6, 6.07) is 8.41. The van der Waals surface area contributed by atoms with Crippen LogP contribution in [-0.4, -0.2) is 20.2 Å². The van der Waals surface area contributed by atoms with Crippen molar-refractivity contribution in [1.82, 2.24) is 4.72 Å². The first-order valence-electron chi connectivity index (χ1n) is 5.98. The monoisotopic (exact) mass is 358 g/mol. The third-order valence-electron chi connectivity index (χ3n) is 2.51. The fourth-order valence-electron chi connectivity index (χ4n) is 1.59. The summed E-state index contributed by atoms with van der Waals surface area (Å²) < 4.78 is 26.6. The van der Waals surface area contributed by atoms with E-state index in [0.29, 0.717) is 10.0 Å². The summed E-state index contributed by atoms with van der Waals surface area (Å²) in [5.74, 6) is -1.01. The topological polar surface area (TPSA) is 92.3 Å². The Morgan fingerprint density at radius 1 is 1.09 bits per heavy atom. The van der Waals surface area contributed by atoms with Gasteiger partial charge in [0.15, 0.2) is 0 Å². The van der Waals surface area contributed by atoms with Gasteiger partial charge in [0.25, 0.3) is 15.9 Å². The second-order valence-electron chi connectivity index (χ2n) is 4.24. The van der Waals surface area contributed by atoms with Crippen LogP contribution in [0.5, 0.6) is 0 Å². The minimum absolute atomic E-state index is 0.0856. The molecule has 9 heteroatoms. The molecule has 1 aromatic carbocycles. The molecule has 22 heavy (non-hydrogen) atoms. The molecule has 0 saturated carbocycles. The third kappa shape index (κ3) is 4.06. The van der Waals surface area contributed by atoms with Gasteiger partial charge in [-0.05, 0) is 36.4 Å². The first kappa shape index (κ1) is 16.5. The number of carbonyl (C=O) groups is 2. The molecule has 0 radical (unpaired) electrons. The Bertz CT molecular complexity index is 813. The molecular formula is C13H11ClN2O4S2. The highest BCUT2D eigenvalue weighted by Gasteiger charge is 2.19. The average Bonchev–Trinajstić information content (AvgIpc) is 2.85. The lowest BCUT2D eigenvalue weighted by molar-refractivity contribution is -0.114. The van der Waals surface area contributed by atoms with Gasteiger partial charge >= 0.3 is 0 Å². The van der Waals surface area contributed by atoms with Crippen LogP contribution in [0.3, 0.4) is 0 Å². The van der Waals surface area contributed by atoms with Gasteiger partial charge in [0.2, 0.25) is 5.91 Å². The number of anilines is 1. The van der Waals surface area contributed by atoms with Crippen LogP contribution in [0.1, 0.15) is 16.6 Å². The van der Waals surface area contributed by atoms with Crippen LogP contribution in [0.2, 0.25) is 4.34 Å². The van der Waals surface area contributed by atoms with Gasteiger partial charge in [0.05, 0.1) is 14.1 Å². The van der Waals surface area contributed by atoms with Crippen molar-refractivity contribution in [1.29, 1.82) is 0 Å². The first-order valence-corrected chi connectivity index (χ1v) is 8.66. The van der Waals surface area contributed by atoms with Crippen LogP contribution in [0, 0.1) is 0 Å². The van der Waals surface area contributed by atoms with Crippen molar-refractivity contribution in [3.05, 3.63) is 45.6 Å². The Balaban J connectivity index is 2.16. The lowest BCUT2D eigenvalue weighted by Gasteiger charge is -2.07. The van der Waals surface area contributed by atoms with E-state index < -0.39 is 15.9 Å². The van der Waals surface area contributed by atoms with Crippen LogP contribution in [-0.2, 0) is 14.8 Å². The maximum Gasteiger partial charge on any atom is 0.275 e. The van der Waals surface area contributed by atoms with E-state index in [2.05, 4.69) is 5.32 Å². The number of rotatable bonds is 4. The highest BCUT2D eigenvalue weighted by Crippen LogP contribution is 2.22. The molecule has 2 amide bonds. The van der Waals surface area contributed by atoms with Gasteiger partial charge in [-0.25, -0.2) is 13.1 Å². The molecule has 2 rings (SSSR count). The fourth-order valence-corrected chi connectivity index (χ4v) is 3.56. The zero-order valence-corrected chi connectivity index (χ0v) is 13.7. The fraction of sp³-hybridized carbons (Fsp3) is 0.0769. The van der Waals surface area contributed by atoms with Crippen LogP contribution < -0.4 is 10.0 Å². The number of thiophene rings is 1. The van der Waals surface area contributed by atoms with Crippen molar-refractivity contribution in [2.45, 2.75) is 11.8 Å². The molecule has 0 saturated heterocycles. The van der Waals surface area contributed by atoms with E-state index in [9.17, 15) is 18.0 Å². The minimum atomic E-state index is -3.99. The highest BCUT2D eigenvalue weighted by atomic mass is 35.5. The molecule has 6 nitrogen and oxygen atoms in total. The predicted octanol–water partition coefficient (Wildman–Crippen LogP) is 2.48. The maximum absolute atomic E-state index is 12.1. The first-order chi connectivity index (χ1) is 10.3. The van der Waals surface area contributed by atoms with Gasteiger partial charge in [-0.15, -0.1) is 11.3 Å². The predicted molar refractivity (Wildman–Crippen MR) is 84.7 cm³/mol. The summed E-state index contributed by atoms with van der Waals surface area (Å²) in [7, 11) is -3.99. The zero-order valence-electron chi connectivity index (χ0n) is 11.3. The van der Waals surface area contributed by atoms with Crippen molar-refractivity contribution in [3.63, 3.8) is 0 Å². The average molecular weight is 359 g/mol. The standard InChI is InChI=1S/C13H11ClN2O4S2/c1-8(17)15-9-2-4-10(5-3-9)22(19,20)16-13(18)11-6-7-12(14)21-11/h2-7H,1H3,(H,15,17)(H,16,18). The highest BCUT2D eigenvalue weighted by molar-refractivity contribution is 7.90. The summed E-state index contributed by atoms with van der Waals surface area (Å²) in [4.78, 5) is 22.9. The van der Waals surface area contributed by atoms with Gasteiger partial charge in [-0.1, -0.05) is 11.6 Å². The molecule has 0 unspecified atom stereocenters. The third-order valence-corrected chi connectivity index (χ3v) is 5.09. The molecule has 116 valence electrons. The van der Waals surface area contributed by atoms with E-state index in [-0.39, 0.29) is 15.7 Å². The van der Waals surface area contributed by atoms with Crippen LogP contribution in [0.4, 0.5) is 5.69 Å². The Kier molecular flexibility index (Phi) is 4.84. The maximum atomic E-state index is 12.1. The number of benzene rings is 1. The quantitative estimate of drug-likeness (QED) is 0.878. The number of halogens is 1. The smallest absolute Gasteiger partial charge is 0.275 e. The molecule has 0 fully saturated rings. The minimum Gasteiger partial charge on any atom is -0.326 e.